The second-order valence-electron chi connectivity index (χ2n) is 7.59. The molecule has 28 heavy (non-hydrogen) atoms. The van der Waals surface area contributed by atoms with E-state index >= 15 is 0 Å². The zero-order chi connectivity index (χ0) is 19.6. The van der Waals surface area contributed by atoms with Crippen LogP contribution in [-0.4, -0.2) is 41.0 Å². The van der Waals surface area contributed by atoms with E-state index in [1.807, 2.05) is 37.3 Å². The van der Waals surface area contributed by atoms with E-state index in [1.165, 1.54) is 4.90 Å². The molecule has 0 spiro atoms. The van der Waals surface area contributed by atoms with Crippen molar-refractivity contribution in [3.05, 3.63) is 63.6 Å². The molecule has 0 bridgehead atoms. The standard InChI is InChI=1S/C21H19Cl2N3O2/c1-12-3-8-15(11-16(12)23)26-20(27)17-18(13-4-6-14(22)7-5-13)24-9-2-10-25(24)19(17)21(26)28/h3-8,11,17-19H,2,9-10H2,1H3/t17-,18+,19+/m0/s1. The number of fused-ring (bicyclic) bond motifs is 3. The smallest absolute Gasteiger partial charge is 0.253 e. The molecule has 2 amide bonds. The molecule has 0 N–H and O–H groups in total. The largest absolute Gasteiger partial charge is 0.274 e. The highest BCUT2D eigenvalue weighted by molar-refractivity contribution is 6.32. The number of benzene rings is 2. The average molecular weight is 416 g/mol. The second kappa shape index (κ2) is 6.56. The van der Waals surface area contributed by atoms with Crippen LogP contribution in [0.2, 0.25) is 10.0 Å². The Bertz CT molecular complexity index is 978. The molecule has 3 saturated heterocycles. The van der Waals surface area contributed by atoms with Crippen molar-refractivity contribution in [2.75, 3.05) is 18.0 Å². The van der Waals surface area contributed by atoms with Gasteiger partial charge in [-0.2, -0.15) is 0 Å². The Morgan fingerprint density at radius 1 is 0.893 bits per heavy atom. The molecular formula is C21H19Cl2N3O2. The number of hydrazine groups is 1. The number of carbonyl (C=O) groups excluding carboxylic acids is 2. The van der Waals surface area contributed by atoms with Crippen LogP contribution >= 0.6 is 23.2 Å². The van der Waals surface area contributed by atoms with Crippen LogP contribution in [-0.2, 0) is 9.59 Å². The van der Waals surface area contributed by atoms with E-state index in [0.717, 1.165) is 30.6 Å². The summed E-state index contributed by atoms with van der Waals surface area (Å²) in [7, 11) is 0. The summed E-state index contributed by atoms with van der Waals surface area (Å²) >= 11 is 12.3. The average Bonchev–Trinajstić information content (AvgIpc) is 3.31. The molecule has 3 atom stereocenters. The molecule has 7 heteroatoms. The predicted molar refractivity (Wildman–Crippen MR) is 108 cm³/mol. The Balaban J connectivity index is 1.58. The lowest BCUT2D eigenvalue weighted by molar-refractivity contribution is -0.126. The van der Waals surface area contributed by atoms with Gasteiger partial charge in [0, 0.05) is 23.1 Å². The van der Waals surface area contributed by atoms with Crippen molar-refractivity contribution >= 4 is 40.7 Å². The van der Waals surface area contributed by atoms with Gasteiger partial charge in [0.25, 0.3) is 5.91 Å². The third kappa shape index (κ3) is 2.54. The van der Waals surface area contributed by atoms with Crippen molar-refractivity contribution in [2.24, 2.45) is 5.92 Å². The highest BCUT2D eigenvalue weighted by atomic mass is 35.5. The summed E-state index contributed by atoms with van der Waals surface area (Å²) in [4.78, 5) is 28.1. The fourth-order valence-corrected chi connectivity index (χ4v) is 5.05. The van der Waals surface area contributed by atoms with Crippen molar-refractivity contribution in [1.29, 1.82) is 0 Å². The lowest BCUT2D eigenvalue weighted by atomic mass is 9.90. The Labute approximate surface area is 173 Å². The summed E-state index contributed by atoms with van der Waals surface area (Å²) in [5, 5.41) is 5.47. The zero-order valence-corrected chi connectivity index (χ0v) is 16.8. The van der Waals surface area contributed by atoms with E-state index in [9.17, 15) is 9.59 Å². The van der Waals surface area contributed by atoms with E-state index in [4.69, 9.17) is 23.2 Å². The minimum atomic E-state index is -0.462. The van der Waals surface area contributed by atoms with E-state index in [2.05, 4.69) is 10.0 Å². The summed E-state index contributed by atoms with van der Waals surface area (Å²) in [5.74, 6) is -0.767. The van der Waals surface area contributed by atoms with Crippen molar-refractivity contribution in [2.45, 2.75) is 25.4 Å². The summed E-state index contributed by atoms with van der Waals surface area (Å²) in [6, 6.07) is 12.3. The third-order valence-electron chi connectivity index (χ3n) is 6.03. The molecular weight excluding hydrogens is 397 g/mol. The molecule has 0 radical (unpaired) electrons. The summed E-state index contributed by atoms with van der Waals surface area (Å²) < 4.78 is 0. The Hall–Kier alpha value is -1.92. The maximum atomic E-state index is 13.5. The molecule has 3 aliphatic rings. The van der Waals surface area contributed by atoms with E-state index in [0.29, 0.717) is 15.7 Å². The van der Waals surface area contributed by atoms with Crippen LogP contribution in [0.1, 0.15) is 23.6 Å². The van der Waals surface area contributed by atoms with Gasteiger partial charge >= 0.3 is 0 Å². The van der Waals surface area contributed by atoms with Crippen LogP contribution in [0.15, 0.2) is 42.5 Å². The number of rotatable bonds is 2. The number of amides is 2. The number of aryl methyl sites for hydroxylation is 1. The number of anilines is 1. The monoisotopic (exact) mass is 415 g/mol. The van der Waals surface area contributed by atoms with Crippen molar-refractivity contribution in [3.63, 3.8) is 0 Å². The van der Waals surface area contributed by atoms with Crippen molar-refractivity contribution in [1.82, 2.24) is 10.0 Å². The summed E-state index contributed by atoms with van der Waals surface area (Å²) in [6.45, 7) is 3.52. The molecule has 3 heterocycles. The molecule has 2 aromatic rings. The van der Waals surface area contributed by atoms with Crippen LogP contribution in [0.25, 0.3) is 0 Å². The van der Waals surface area contributed by atoms with Gasteiger partial charge in [-0.1, -0.05) is 41.4 Å². The first-order valence-electron chi connectivity index (χ1n) is 9.40. The zero-order valence-electron chi connectivity index (χ0n) is 15.3. The topological polar surface area (TPSA) is 43.9 Å². The van der Waals surface area contributed by atoms with Gasteiger partial charge in [0.1, 0.15) is 6.04 Å². The quantitative estimate of drug-likeness (QED) is 0.698. The Morgan fingerprint density at radius 2 is 1.57 bits per heavy atom. The first-order chi connectivity index (χ1) is 13.5. The second-order valence-corrected chi connectivity index (χ2v) is 8.44. The number of nitrogens with zero attached hydrogens (tertiary/aromatic N) is 3. The van der Waals surface area contributed by atoms with Crippen LogP contribution in [0.3, 0.4) is 0 Å². The van der Waals surface area contributed by atoms with Gasteiger partial charge in [-0.05, 0) is 48.7 Å². The van der Waals surface area contributed by atoms with Gasteiger partial charge in [0.15, 0.2) is 0 Å². The molecule has 5 rings (SSSR count). The molecule has 0 unspecified atom stereocenters. The van der Waals surface area contributed by atoms with Crippen molar-refractivity contribution < 1.29 is 9.59 Å². The van der Waals surface area contributed by atoms with Gasteiger partial charge < -0.3 is 0 Å². The SMILES string of the molecule is Cc1ccc(N2C(=O)[C@H]3[C@@H](c4ccc(Cl)cc4)N4CCCN4[C@H]3C2=O)cc1Cl. The molecule has 2 aromatic carbocycles. The fourth-order valence-electron chi connectivity index (χ4n) is 4.75. The number of halogens is 2. The minimum Gasteiger partial charge on any atom is -0.274 e. The molecule has 3 aliphatic heterocycles. The van der Waals surface area contributed by atoms with Crippen LogP contribution in [0.4, 0.5) is 5.69 Å². The van der Waals surface area contributed by atoms with Gasteiger partial charge in [0.05, 0.1) is 17.6 Å². The first kappa shape index (κ1) is 18.1. The highest BCUT2D eigenvalue weighted by Gasteiger charge is 2.62. The lowest BCUT2D eigenvalue weighted by Gasteiger charge is -2.29. The summed E-state index contributed by atoms with van der Waals surface area (Å²) in [5.41, 5.74) is 2.46. The maximum absolute atomic E-state index is 13.5. The minimum absolute atomic E-state index is 0.160. The number of hydrogen-bond acceptors (Lipinski definition) is 4. The molecule has 3 fully saturated rings. The molecule has 0 saturated carbocycles. The fraction of sp³-hybridized carbons (Fsp3) is 0.333. The van der Waals surface area contributed by atoms with Crippen LogP contribution in [0.5, 0.6) is 0 Å². The van der Waals surface area contributed by atoms with Crippen LogP contribution in [0, 0.1) is 12.8 Å². The van der Waals surface area contributed by atoms with Gasteiger partial charge in [0.2, 0.25) is 5.91 Å². The number of carbonyl (C=O) groups is 2. The van der Waals surface area contributed by atoms with E-state index < -0.39 is 12.0 Å². The molecule has 5 nitrogen and oxygen atoms in total. The number of hydrogen-bond donors (Lipinski definition) is 0. The normalized spacial score (nSPS) is 27.5. The van der Waals surface area contributed by atoms with Gasteiger partial charge in [-0.25, -0.2) is 14.9 Å². The number of imide groups is 1. The van der Waals surface area contributed by atoms with E-state index in [1.54, 1.807) is 12.1 Å². The van der Waals surface area contributed by atoms with E-state index in [-0.39, 0.29) is 17.9 Å². The molecule has 0 aliphatic carbocycles. The Morgan fingerprint density at radius 3 is 2.25 bits per heavy atom. The third-order valence-corrected chi connectivity index (χ3v) is 6.69. The lowest BCUT2D eigenvalue weighted by Crippen LogP contribution is -2.44. The Kier molecular flexibility index (Phi) is 4.25. The molecule has 0 aromatic heterocycles. The van der Waals surface area contributed by atoms with Crippen molar-refractivity contribution in [3.8, 4) is 0 Å². The highest BCUT2D eigenvalue weighted by Crippen LogP contribution is 2.49. The van der Waals surface area contributed by atoms with Crippen LogP contribution < -0.4 is 4.90 Å². The maximum Gasteiger partial charge on any atom is 0.253 e. The van der Waals surface area contributed by atoms with Gasteiger partial charge in [-0.3, -0.25) is 9.59 Å². The van der Waals surface area contributed by atoms with Gasteiger partial charge in [-0.15, -0.1) is 0 Å². The predicted octanol–water partition coefficient (Wildman–Crippen LogP) is 3.84. The first-order valence-corrected chi connectivity index (χ1v) is 10.2. The summed E-state index contributed by atoms with van der Waals surface area (Å²) in [6.07, 6.45) is 0.977. The molecule has 144 valence electrons.